The maximum atomic E-state index is 12.1. The summed E-state index contributed by atoms with van der Waals surface area (Å²) in [6, 6.07) is -0.144. The van der Waals surface area contributed by atoms with Crippen LogP contribution in [-0.2, 0) is 16.6 Å². The summed E-state index contributed by atoms with van der Waals surface area (Å²) in [6.07, 6.45) is 4.67. The number of carbonyl (C=O) groups excluding carboxylic acids is 2. The molecule has 1 saturated heterocycles. The SMILES string of the molecule is Cc1c([C@H]2[C@H](NCC(=O)NCC3CC3)CC(=O)N2C)cnn1C. The molecule has 0 radical (unpaired) electrons. The van der Waals surface area contributed by atoms with Gasteiger partial charge in [-0.3, -0.25) is 14.3 Å². The number of likely N-dealkylation sites (N-methyl/N-ethyl adjacent to an activating group) is 1. The van der Waals surface area contributed by atoms with E-state index in [4.69, 9.17) is 0 Å². The Morgan fingerprint density at radius 3 is 2.74 bits per heavy atom. The number of hydrogen-bond acceptors (Lipinski definition) is 4. The highest BCUT2D eigenvalue weighted by Crippen LogP contribution is 2.33. The molecule has 7 nitrogen and oxygen atoms in total. The maximum Gasteiger partial charge on any atom is 0.233 e. The predicted octanol–water partition coefficient (Wildman–Crippen LogP) is 0.116. The van der Waals surface area contributed by atoms with Crippen LogP contribution in [-0.4, -0.2) is 52.7 Å². The second-order valence-electron chi connectivity index (χ2n) is 6.70. The van der Waals surface area contributed by atoms with Crippen LogP contribution in [0.25, 0.3) is 0 Å². The predicted molar refractivity (Wildman–Crippen MR) is 85.6 cm³/mol. The van der Waals surface area contributed by atoms with E-state index < -0.39 is 0 Å². The molecule has 2 heterocycles. The van der Waals surface area contributed by atoms with Gasteiger partial charge in [0.05, 0.1) is 18.8 Å². The van der Waals surface area contributed by atoms with Crippen LogP contribution in [0.15, 0.2) is 6.20 Å². The highest BCUT2D eigenvalue weighted by molar-refractivity contribution is 5.81. The van der Waals surface area contributed by atoms with Crippen LogP contribution in [0.2, 0.25) is 0 Å². The molecular weight excluding hydrogens is 294 g/mol. The van der Waals surface area contributed by atoms with Gasteiger partial charge in [-0.05, 0) is 25.7 Å². The molecular formula is C16H25N5O2. The van der Waals surface area contributed by atoms with Gasteiger partial charge in [0.25, 0.3) is 0 Å². The molecule has 1 aliphatic carbocycles. The van der Waals surface area contributed by atoms with Gasteiger partial charge in [0, 0.05) is 44.4 Å². The van der Waals surface area contributed by atoms with Crippen molar-refractivity contribution in [3.8, 4) is 0 Å². The molecule has 0 bridgehead atoms. The van der Waals surface area contributed by atoms with Crippen molar-refractivity contribution in [3.05, 3.63) is 17.5 Å². The molecule has 0 spiro atoms. The van der Waals surface area contributed by atoms with Gasteiger partial charge in [-0.25, -0.2) is 0 Å². The Morgan fingerprint density at radius 2 is 2.13 bits per heavy atom. The Kier molecular flexibility index (Phi) is 4.39. The summed E-state index contributed by atoms with van der Waals surface area (Å²) in [5.74, 6) is 0.763. The topological polar surface area (TPSA) is 79.3 Å². The average Bonchev–Trinajstić information content (AvgIpc) is 3.25. The van der Waals surface area contributed by atoms with E-state index in [1.807, 2.05) is 31.9 Å². The molecule has 2 aliphatic rings. The normalized spacial score (nSPS) is 24.3. The van der Waals surface area contributed by atoms with Crippen LogP contribution < -0.4 is 10.6 Å². The Balaban J connectivity index is 1.63. The van der Waals surface area contributed by atoms with E-state index in [-0.39, 0.29) is 30.4 Å². The molecule has 7 heteroatoms. The molecule has 1 aromatic heterocycles. The first-order chi connectivity index (χ1) is 11.0. The van der Waals surface area contributed by atoms with Crippen LogP contribution in [0.4, 0.5) is 0 Å². The number of nitrogens with zero attached hydrogens (tertiary/aromatic N) is 3. The first-order valence-electron chi connectivity index (χ1n) is 8.21. The number of nitrogens with one attached hydrogen (secondary N) is 2. The zero-order valence-corrected chi connectivity index (χ0v) is 14.0. The minimum absolute atomic E-state index is 0.000519. The molecule has 2 atom stereocenters. The molecule has 2 fully saturated rings. The summed E-state index contributed by atoms with van der Waals surface area (Å²) in [5, 5.41) is 10.5. The van der Waals surface area contributed by atoms with Crippen molar-refractivity contribution in [1.82, 2.24) is 25.3 Å². The molecule has 0 aromatic carbocycles. The van der Waals surface area contributed by atoms with Crippen molar-refractivity contribution >= 4 is 11.8 Å². The van der Waals surface area contributed by atoms with E-state index in [0.29, 0.717) is 12.3 Å². The fourth-order valence-corrected chi connectivity index (χ4v) is 3.15. The lowest BCUT2D eigenvalue weighted by Gasteiger charge is -2.25. The quantitative estimate of drug-likeness (QED) is 0.780. The van der Waals surface area contributed by atoms with Gasteiger partial charge >= 0.3 is 0 Å². The molecule has 1 saturated carbocycles. The maximum absolute atomic E-state index is 12.1. The number of aromatic nitrogens is 2. The third kappa shape index (κ3) is 3.39. The lowest BCUT2D eigenvalue weighted by Crippen LogP contribution is -2.42. The summed E-state index contributed by atoms with van der Waals surface area (Å²) >= 11 is 0. The summed E-state index contributed by atoms with van der Waals surface area (Å²) < 4.78 is 1.81. The van der Waals surface area contributed by atoms with Crippen LogP contribution >= 0.6 is 0 Å². The van der Waals surface area contributed by atoms with E-state index in [1.54, 1.807) is 4.90 Å². The second kappa shape index (κ2) is 6.31. The van der Waals surface area contributed by atoms with Gasteiger partial charge in [-0.1, -0.05) is 0 Å². The monoisotopic (exact) mass is 319 g/mol. The van der Waals surface area contributed by atoms with Gasteiger partial charge in [0.1, 0.15) is 0 Å². The number of carbonyl (C=O) groups is 2. The molecule has 1 aromatic rings. The smallest absolute Gasteiger partial charge is 0.233 e. The van der Waals surface area contributed by atoms with Crippen molar-refractivity contribution in [2.75, 3.05) is 20.1 Å². The lowest BCUT2D eigenvalue weighted by atomic mass is 10.0. The van der Waals surface area contributed by atoms with Gasteiger partial charge in [0.15, 0.2) is 0 Å². The molecule has 3 rings (SSSR count). The standard InChI is InChI=1S/C16H25N5O2/c1-10-12(8-19-21(10)3)16-13(6-15(23)20(16)2)17-9-14(22)18-7-11-4-5-11/h8,11,13,16-17H,4-7,9H2,1-3H3,(H,18,22)/t13-,16+/m1/s1. The van der Waals surface area contributed by atoms with E-state index in [9.17, 15) is 9.59 Å². The van der Waals surface area contributed by atoms with Crippen LogP contribution in [0, 0.1) is 12.8 Å². The average molecular weight is 319 g/mol. The largest absolute Gasteiger partial charge is 0.355 e. The fourth-order valence-electron chi connectivity index (χ4n) is 3.15. The number of likely N-dealkylation sites (tertiary alicyclic amines) is 1. The summed E-state index contributed by atoms with van der Waals surface area (Å²) in [4.78, 5) is 25.8. The first-order valence-corrected chi connectivity index (χ1v) is 8.21. The fraction of sp³-hybridized carbons (Fsp3) is 0.688. The Labute approximate surface area is 136 Å². The van der Waals surface area contributed by atoms with E-state index >= 15 is 0 Å². The van der Waals surface area contributed by atoms with E-state index in [0.717, 1.165) is 17.8 Å². The van der Waals surface area contributed by atoms with Gasteiger partial charge in [0.2, 0.25) is 11.8 Å². The Hall–Kier alpha value is -1.89. The third-order valence-electron chi connectivity index (χ3n) is 4.99. The van der Waals surface area contributed by atoms with Gasteiger partial charge in [-0.15, -0.1) is 0 Å². The van der Waals surface area contributed by atoms with Crippen LogP contribution in [0.3, 0.4) is 0 Å². The summed E-state index contributed by atoms with van der Waals surface area (Å²) in [6.45, 7) is 3.02. The lowest BCUT2D eigenvalue weighted by molar-refractivity contribution is -0.127. The van der Waals surface area contributed by atoms with Crippen LogP contribution in [0.5, 0.6) is 0 Å². The van der Waals surface area contributed by atoms with E-state index in [2.05, 4.69) is 15.7 Å². The van der Waals surface area contributed by atoms with E-state index in [1.165, 1.54) is 12.8 Å². The molecule has 1 aliphatic heterocycles. The highest BCUT2D eigenvalue weighted by Gasteiger charge is 2.40. The van der Waals surface area contributed by atoms with Crippen molar-refractivity contribution in [1.29, 1.82) is 0 Å². The number of aryl methyl sites for hydroxylation is 1. The minimum atomic E-state index is -0.0765. The summed E-state index contributed by atoms with van der Waals surface area (Å²) in [5.41, 5.74) is 2.08. The van der Waals surface area contributed by atoms with Gasteiger partial charge < -0.3 is 15.5 Å². The minimum Gasteiger partial charge on any atom is -0.355 e. The Morgan fingerprint density at radius 1 is 1.39 bits per heavy atom. The zero-order chi connectivity index (χ0) is 16.6. The Bertz CT molecular complexity index is 608. The second-order valence-corrected chi connectivity index (χ2v) is 6.70. The molecule has 23 heavy (non-hydrogen) atoms. The molecule has 0 unspecified atom stereocenters. The number of hydrogen-bond donors (Lipinski definition) is 2. The van der Waals surface area contributed by atoms with Crippen molar-refractivity contribution in [3.63, 3.8) is 0 Å². The number of amides is 2. The molecule has 2 N–H and O–H groups in total. The molecule has 2 amide bonds. The first kappa shape index (κ1) is 16.0. The van der Waals surface area contributed by atoms with Crippen molar-refractivity contribution in [2.45, 2.75) is 38.3 Å². The highest BCUT2D eigenvalue weighted by atomic mass is 16.2. The van der Waals surface area contributed by atoms with Crippen molar-refractivity contribution < 1.29 is 9.59 Å². The number of rotatable bonds is 6. The third-order valence-corrected chi connectivity index (χ3v) is 4.99. The van der Waals surface area contributed by atoms with Crippen molar-refractivity contribution in [2.24, 2.45) is 13.0 Å². The van der Waals surface area contributed by atoms with Gasteiger partial charge in [-0.2, -0.15) is 5.10 Å². The zero-order valence-electron chi connectivity index (χ0n) is 14.0. The molecule has 126 valence electrons. The van der Waals surface area contributed by atoms with Crippen LogP contribution in [0.1, 0.15) is 36.6 Å². The summed E-state index contributed by atoms with van der Waals surface area (Å²) in [7, 11) is 3.71.